The van der Waals surface area contributed by atoms with Crippen LogP contribution in [0.5, 0.6) is 0 Å². The number of nitrogens with one attached hydrogen (secondary N) is 1. The number of urea groups is 1. The number of rotatable bonds is 3. The molecule has 2 fully saturated rings. The van der Waals surface area contributed by atoms with Crippen LogP contribution in [0.25, 0.3) is 0 Å². The molecule has 120 valence electrons. The zero-order chi connectivity index (χ0) is 15.4. The number of ether oxygens (including phenoxy) is 1. The summed E-state index contributed by atoms with van der Waals surface area (Å²) in [5.74, 6) is -1.06. The van der Waals surface area contributed by atoms with Crippen LogP contribution in [-0.4, -0.2) is 53.8 Å². The molecule has 0 saturated carbocycles. The monoisotopic (exact) mass is 298 g/mol. The van der Waals surface area contributed by atoms with Gasteiger partial charge in [0.25, 0.3) is 0 Å². The number of carboxylic acid groups (broad SMARTS) is 1. The summed E-state index contributed by atoms with van der Waals surface area (Å²) in [6.45, 7) is 5.61. The third-order valence-corrected chi connectivity index (χ3v) is 4.42. The van der Waals surface area contributed by atoms with Gasteiger partial charge in [-0.05, 0) is 38.5 Å². The number of aliphatic carboxylic acids is 1. The van der Waals surface area contributed by atoms with Gasteiger partial charge in [-0.25, -0.2) is 4.79 Å². The minimum absolute atomic E-state index is 0.0432. The molecule has 4 unspecified atom stereocenters. The number of carboxylic acids is 1. The average molecular weight is 298 g/mol. The van der Waals surface area contributed by atoms with Crippen LogP contribution in [0.1, 0.15) is 39.5 Å². The van der Waals surface area contributed by atoms with Gasteiger partial charge in [0, 0.05) is 19.7 Å². The molecule has 2 N–H and O–H groups in total. The lowest BCUT2D eigenvalue weighted by molar-refractivity contribution is -0.143. The van der Waals surface area contributed by atoms with Crippen LogP contribution in [0, 0.1) is 11.8 Å². The lowest BCUT2D eigenvalue weighted by Gasteiger charge is -2.36. The van der Waals surface area contributed by atoms with Crippen LogP contribution >= 0.6 is 0 Å². The molecule has 0 aliphatic carbocycles. The van der Waals surface area contributed by atoms with Crippen LogP contribution in [0.4, 0.5) is 4.79 Å². The number of carbonyl (C=O) groups excluding carboxylic acids is 1. The first-order chi connectivity index (χ1) is 9.97. The number of carbonyl (C=O) groups is 2. The fourth-order valence-corrected chi connectivity index (χ4v) is 3.24. The summed E-state index contributed by atoms with van der Waals surface area (Å²) < 4.78 is 5.68. The quantitative estimate of drug-likeness (QED) is 0.831. The maximum Gasteiger partial charge on any atom is 0.317 e. The second-order valence-electron chi connectivity index (χ2n) is 6.42. The first-order valence-corrected chi connectivity index (χ1v) is 7.87. The van der Waals surface area contributed by atoms with E-state index in [1.807, 2.05) is 13.8 Å². The van der Waals surface area contributed by atoms with E-state index in [4.69, 9.17) is 9.84 Å². The summed E-state index contributed by atoms with van der Waals surface area (Å²) in [5, 5.41) is 12.1. The van der Waals surface area contributed by atoms with Gasteiger partial charge in [-0.2, -0.15) is 0 Å². The molecule has 0 radical (unpaired) electrons. The van der Waals surface area contributed by atoms with Crippen molar-refractivity contribution < 1.29 is 19.4 Å². The molecule has 2 rings (SSSR count). The van der Waals surface area contributed by atoms with Gasteiger partial charge in [-0.1, -0.05) is 6.92 Å². The second-order valence-corrected chi connectivity index (χ2v) is 6.42. The summed E-state index contributed by atoms with van der Waals surface area (Å²) in [6.07, 6.45) is 3.89. The van der Waals surface area contributed by atoms with Gasteiger partial charge in [-0.15, -0.1) is 0 Å². The minimum Gasteiger partial charge on any atom is -0.481 e. The van der Waals surface area contributed by atoms with Gasteiger partial charge in [0.2, 0.25) is 0 Å². The lowest BCUT2D eigenvalue weighted by Crippen LogP contribution is -2.53. The highest BCUT2D eigenvalue weighted by Gasteiger charge is 2.33. The molecule has 2 heterocycles. The summed E-state index contributed by atoms with van der Waals surface area (Å²) in [7, 11) is 0. The third kappa shape index (κ3) is 4.33. The molecule has 2 saturated heterocycles. The Bertz CT molecular complexity index is 382. The zero-order valence-electron chi connectivity index (χ0n) is 12.9. The molecular weight excluding hydrogens is 272 g/mol. The number of hydrogen-bond acceptors (Lipinski definition) is 3. The highest BCUT2D eigenvalue weighted by molar-refractivity contribution is 5.76. The van der Waals surface area contributed by atoms with E-state index in [2.05, 4.69) is 5.32 Å². The van der Waals surface area contributed by atoms with E-state index in [-0.39, 0.29) is 24.1 Å². The smallest absolute Gasteiger partial charge is 0.317 e. The number of hydrogen-bond donors (Lipinski definition) is 2. The van der Waals surface area contributed by atoms with E-state index in [1.165, 1.54) is 0 Å². The Kier molecular flexibility index (Phi) is 5.45. The van der Waals surface area contributed by atoms with Crippen molar-refractivity contribution in [2.24, 2.45) is 11.8 Å². The Morgan fingerprint density at radius 1 is 1.33 bits per heavy atom. The molecule has 0 aromatic carbocycles. The fourth-order valence-electron chi connectivity index (χ4n) is 3.24. The summed E-state index contributed by atoms with van der Waals surface area (Å²) in [4.78, 5) is 25.1. The Labute approximate surface area is 125 Å². The maximum atomic E-state index is 12.3. The maximum absolute atomic E-state index is 12.3. The second kappa shape index (κ2) is 7.11. The van der Waals surface area contributed by atoms with E-state index < -0.39 is 11.9 Å². The van der Waals surface area contributed by atoms with Crippen LogP contribution in [0.3, 0.4) is 0 Å². The molecule has 21 heavy (non-hydrogen) atoms. The molecule has 0 aromatic rings. The molecule has 4 atom stereocenters. The largest absolute Gasteiger partial charge is 0.481 e. The molecule has 2 amide bonds. The average Bonchev–Trinajstić information content (AvgIpc) is 2.47. The molecular formula is C15H26N2O4. The predicted octanol–water partition coefficient (Wildman–Crippen LogP) is 1.70. The van der Waals surface area contributed by atoms with E-state index in [0.29, 0.717) is 19.5 Å². The van der Waals surface area contributed by atoms with Gasteiger partial charge >= 0.3 is 12.0 Å². The SMILES string of the molecule is CC1CC(C(=O)O)CN(C(=O)NC(C)C2CCCCO2)C1. The molecule has 2 aliphatic heterocycles. The minimum atomic E-state index is -0.817. The van der Waals surface area contributed by atoms with Gasteiger partial charge in [0.05, 0.1) is 18.1 Å². The van der Waals surface area contributed by atoms with Crippen molar-refractivity contribution in [1.82, 2.24) is 10.2 Å². The standard InChI is InChI=1S/C15H26N2O4/c1-10-7-12(14(18)19)9-17(8-10)15(20)16-11(2)13-5-3-4-6-21-13/h10-13H,3-9H2,1-2H3,(H,16,20)(H,18,19). The van der Waals surface area contributed by atoms with E-state index in [9.17, 15) is 9.59 Å². The highest BCUT2D eigenvalue weighted by Crippen LogP contribution is 2.22. The number of likely N-dealkylation sites (tertiary alicyclic amines) is 1. The number of amides is 2. The van der Waals surface area contributed by atoms with Gasteiger partial charge in [0.1, 0.15) is 0 Å². The van der Waals surface area contributed by atoms with Crippen molar-refractivity contribution in [3.05, 3.63) is 0 Å². The van der Waals surface area contributed by atoms with Crippen molar-refractivity contribution in [3.63, 3.8) is 0 Å². The lowest BCUT2D eigenvalue weighted by atomic mass is 9.91. The van der Waals surface area contributed by atoms with Crippen LogP contribution in [-0.2, 0) is 9.53 Å². The molecule has 0 spiro atoms. The molecule has 6 nitrogen and oxygen atoms in total. The Hall–Kier alpha value is -1.30. The third-order valence-electron chi connectivity index (χ3n) is 4.42. The Morgan fingerprint density at radius 2 is 2.10 bits per heavy atom. The predicted molar refractivity (Wildman–Crippen MR) is 78.1 cm³/mol. The first kappa shape index (κ1) is 16.1. The Balaban J connectivity index is 1.87. The van der Waals surface area contributed by atoms with E-state index >= 15 is 0 Å². The van der Waals surface area contributed by atoms with E-state index in [0.717, 1.165) is 25.9 Å². The molecule has 2 aliphatic rings. The topological polar surface area (TPSA) is 78.9 Å². The first-order valence-electron chi connectivity index (χ1n) is 7.87. The number of nitrogens with zero attached hydrogens (tertiary/aromatic N) is 1. The summed E-state index contributed by atoms with van der Waals surface area (Å²) in [6, 6.07) is -0.215. The van der Waals surface area contributed by atoms with Crippen molar-refractivity contribution in [3.8, 4) is 0 Å². The van der Waals surface area contributed by atoms with Crippen molar-refractivity contribution in [1.29, 1.82) is 0 Å². The Morgan fingerprint density at radius 3 is 2.71 bits per heavy atom. The summed E-state index contributed by atoms with van der Waals surface area (Å²) >= 11 is 0. The number of piperidine rings is 1. The van der Waals surface area contributed by atoms with Crippen molar-refractivity contribution >= 4 is 12.0 Å². The van der Waals surface area contributed by atoms with Crippen LogP contribution in [0.15, 0.2) is 0 Å². The van der Waals surface area contributed by atoms with Crippen molar-refractivity contribution in [2.75, 3.05) is 19.7 Å². The molecule has 6 heteroatoms. The molecule has 0 bridgehead atoms. The zero-order valence-corrected chi connectivity index (χ0v) is 12.9. The highest BCUT2D eigenvalue weighted by atomic mass is 16.5. The van der Waals surface area contributed by atoms with Gasteiger partial charge < -0.3 is 20.1 Å². The normalized spacial score (nSPS) is 31.5. The van der Waals surface area contributed by atoms with Crippen molar-refractivity contribution in [2.45, 2.75) is 51.7 Å². The van der Waals surface area contributed by atoms with Crippen LogP contribution in [0.2, 0.25) is 0 Å². The van der Waals surface area contributed by atoms with E-state index in [1.54, 1.807) is 4.90 Å². The van der Waals surface area contributed by atoms with Gasteiger partial charge in [0.15, 0.2) is 0 Å². The summed E-state index contributed by atoms with van der Waals surface area (Å²) in [5.41, 5.74) is 0. The molecule has 0 aromatic heterocycles. The fraction of sp³-hybridized carbons (Fsp3) is 0.867. The van der Waals surface area contributed by atoms with Gasteiger partial charge in [-0.3, -0.25) is 4.79 Å². The van der Waals surface area contributed by atoms with Crippen LogP contribution < -0.4 is 5.32 Å².